The summed E-state index contributed by atoms with van der Waals surface area (Å²) in [5.74, 6) is -0.942. The first-order valence-electron chi connectivity index (χ1n) is 6.69. The number of benzene rings is 1. The van der Waals surface area contributed by atoms with Crippen LogP contribution in [0, 0.1) is 0 Å². The molecule has 0 fully saturated rings. The highest BCUT2D eigenvalue weighted by Crippen LogP contribution is 2.25. The Bertz CT molecular complexity index is 747. The Morgan fingerprint density at radius 1 is 1.50 bits per heavy atom. The molecule has 1 unspecified atom stereocenters. The van der Waals surface area contributed by atoms with E-state index in [1.807, 2.05) is 6.92 Å². The van der Waals surface area contributed by atoms with Crippen LogP contribution in [0.4, 0.5) is 5.13 Å². The maximum atomic E-state index is 12.2. The summed E-state index contributed by atoms with van der Waals surface area (Å²) in [4.78, 5) is 24.2. The summed E-state index contributed by atoms with van der Waals surface area (Å²) in [6.45, 7) is 1.95. The average Bonchev–Trinajstić information content (AvgIpc) is 2.94. The van der Waals surface area contributed by atoms with Gasteiger partial charge in [-0.25, -0.2) is 4.79 Å². The number of rotatable bonds is 3. The van der Waals surface area contributed by atoms with Gasteiger partial charge in [0.2, 0.25) is 5.13 Å². The summed E-state index contributed by atoms with van der Waals surface area (Å²) in [6, 6.07) is 4.90. The number of nitrogens with zero attached hydrogens (tertiary/aromatic N) is 2. The van der Waals surface area contributed by atoms with E-state index < -0.39 is 18.0 Å². The van der Waals surface area contributed by atoms with Gasteiger partial charge in [-0.1, -0.05) is 29.9 Å². The fraction of sp³-hybridized carbons (Fsp3) is 0.286. The van der Waals surface area contributed by atoms with Crippen LogP contribution in [0.1, 0.15) is 27.9 Å². The normalized spacial score (nSPS) is 16.8. The van der Waals surface area contributed by atoms with Crippen molar-refractivity contribution in [3.63, 3.8) is 0 Å². The largest absolute Gasteiger partial charge is 0.448 e. The van der Waals surface area contributed by atoms with Gasteiger partial charge < -0.3 is 4.74 Å². The van der Waals surface area contributed by atoms with Crippen LogP contribution in [0.2, 0.25) is 5.02 Å². The van der Waals surface area contributed by atoms with E-state index in [4.69, 9.17) is 16.3 Å². The monoisotopic (exact) mass is 337 g/mol. The van der Waals surface area contributed by atoms with Crippen molar-refractivity contribution in [2.75, 3.05) is 5.32 Å². The highest BCUT2D eigenvalue weighted by molar-refractivity contribution is 7.15. The van der Waals surface area contributed by atoms with E-state index in [-0.39, 0.29) is 6.42 Å². The molecule has 6 nitrogen and oxygen atoms in total. The van der Waals surface area contributed by atoms with Crippen molar-refractivity contribution in [1.29, 1.82) is 0 Å². The van der Waals surface area contributed by atoms with Crippen molar-refractivity contribution in [3.05, 3.63) is 39.4 Å². The molecule has 22 heavy (non-hydrogen) atoms. The molecular weight excluding hydrogens is 326 g/mol. The number of cyclic esters (lactones) is 1. The molecular formula is C14H12ClN3O3S. The zero-order valence-corrected chi connectivity index (χ0v) is 13.2. The number of amides is 1. The van der Waals surface area contributed by atoms with Gasteiger partial charge in [0.15, 0.2) is 6.10 Å². The van der Waals surface area contributed by atoms with Gasteiger partial charge in [-0.15, -0.1) is 10.2 Å². The van der Waals surface area contributed by atoms with Crippen molar-refractivity contribution in [2.24, 2.45) is 0 Å². The van der Waals surface area contributed by atoms with Gasteiger partial charge in [-0.05, 0) is 30.2 Å². The molecule has 1 aromatic carbocycles. The molecule has 0 radical (unpaired) electrons. The van der Waals surface area contributed by atoms with E-state index in [2.05, 4.69) is 15.5 Å². The van der Waals surface area contributed by atoms with E-state index in [0.29, 0.717) is 21.3 Å². The van der Waals surface area contributed by atoms with E-state index >= 15 is 0 Å². The Morgan fingerprint density at radius 2 is 2.32 bits per heavy atom. The number of hydrogen-bond acceptors (Lipinski definition) is 6. The second-order valence-corrected chi connectivity index (χ2v) is 6.24. The number of nitrogens with one attached hydrogen (secondary N) is 1. The highest BCUT2D eigenvalue weighted by Gasteiger charge is 2.31. The highest BCUT2D eigenvalue weighted by atomic mass is 35.5. The van der Waals surface area contributed by atoms with Crippen LogP contribution in [-0.2, 0) is 22.4 Å². The van der Waals surface area contributed by atoms with E-state index in [9.17, 15) is 9.59 Å². The predicted molar refractivity (Wildman–Crippen MR) is 82.3 cm³/mol. The lowest BCUT2D eigenvalue weighted by molar-refractivity contribution is -0.125. The van der Waals surface area contributed by atoms with Crippen molar-refractivity contribution in [1.82, 2.24) is 10.2 Å². The number of esters is 1. The summed E-state index contributed by atoms with van der Waals surface area (Å²) >= 11 is 7.23. The van der Waals surface area contributed by atoms with Gasteiger partial charge in [0.05, 0.1) is 5.56 Å². The lowest BCUT2D eigenvalue weighted by Gasteiger charge is -2.23. The van der Waals surface area contributed by atoms with Crippen LogP contribution in [-0.4, -0.2) is 28.2 Å². The average molecular weight is 338 g/mol. The number of carbonyl (C=O) groups is 2. The first-order chi connectivity index (χ1) is 10.6. The standard InChI is InChI=1S/C14H12ClN3O3S/c1-2-11-17-18-14(22-11)16-12(19)10-6-7-5-8(15)3-4-9(7)13(20)21-10/h3-5,10H,2,6H2,1H3,(H,16,18,19). The molecule has 0 spiro atoms. The Morgan fingerprint density at radius 3 is 3.05 bits per heavy atom. The quantitative estimate of drug-likeness (QED) is 0.870. The number of halogens is 1. The Kier molecular flexibility index (Phi) is 4.08. The van der Waals surface area contributed by atoms with Gasteiger partial charge >= 0.3 is 5.97 Å². The number of hydrogen-bond donors (Lipinski definition) is 1. The smallest absolute Gasteiger partial charge is 0.339 e. The van der Waals surface area contributed by atoms with E-state index in [1.165, 1.54) is 11.3 Å². The molecule has 0 bridgehead atoms. The lowest BCUT2D eigenvalue weighted by Crippen LogP contribution is -2.38. The Balaban J connectivity index is 1.75. The fourth-order valence-electron chi connectivity index (χ4n) is 2.14. The third-order valence-electron chi connectivity index (χ3n) is 3.23. The molecule has 1 aromatic heterocycles. The second-order valence-electron chi connectivity index (χ2n) is 4.74. The van der Waals surface area contributed by atoms with Crippen molar-refractivity contribution < 1.29 is 14.3 Å². The number of fused-ring (bicyclic) bond motifs is 1. The molecule has 1 N–H and O–H groups in total. The molecule has 1 atom stereocenters. The molecule has 2 heterocycles. The van der Waals surface area contributed by atoms with Crippen molar-refractivity contribution in [2.45, 2.75) is 25.9 Å². The molecule has 0 saturated carbocycles. The zero-order valence-electron chi connectivity index (χ0n) is 11.6. The van der Waals surface area contributed by atoms with Gasteiger partial charge in [0, 0.05) is 11.4 Å². The minimum atomic E-state index is -0.896. The number of ether oxygens (including phenoxy) is 1. The summed E-state index contributed by atoms with van der Waals surface area (Å²) in [5.41, 5.74) is 1.15. The van der Waals surface area contributed by atoms with Crippen molar-refractivity contribution in [3.8, 4) is 0 Å². The van der Waals surface area contributed by atoms with Gasteiger partial charge in [0.1, 0.15) is 5.01 Å². The third-order valence-corrected chi connectivity index (χ3v) is 4.45. The van der Waals surface area contributed by atoms with Crippen LogP contribution in [0.15, 0.2) is 18.2 Å². The summed E-state index contributed by atoms with van der Waals surface area (Å²) in [6.07, 6.45) is 0.137. The van der Waals surface area contributed by atoms with Crippen LogP contribution < -0.4 is 5.32 Å². The van der Waals surface area contributed by atoms with Gasteiger partial charge in [-0.3, -0.25) is 10.1 Å². The lowest BCUT2D eigenvalue weighted by atomic mass is 9.98. The van der Waals surface area contributed by atoms with E-state index in [1.54, 1.807) is 18.2 Å². The number of aromatic nitrogens is 2. The minimum absolute atomic E-state index is 0.285. The molecule has 8 heteroatoms. The SMILES string of the molecule is CCc1nnc(NC(=O)C2Cc3cc(Cl)ccc3C(=O)O2)s1. The Hall–Kier alpha value is -1.99. The zero-order chi connectivity index (χ0) is 15.7. The van der Waals surface area contributed by atoms with Crippen LogP contribution in [0.3, 0.4) is 0 Å². The fourth-order valence-corrected chi connectivity index (χ4v) is 3.02. The maximum Gasteiger partial charge on any atom is 0.339 e. The van der Waals surface area contributed by atoms with Crippen LogP contribution in [0.5, 0.6) is 0 Å². The first kappa shape index (κ1) is 14.9. The predicted octanol–water partition coefficient (Wildman–Crippen LogP) is 2.47. The van der Waals surface area contributed by atoms with Gasteiger partial charge in [0.25, 0.3) is 5.91 Å². The van der Waals surface area contributed by atoms with Gasteiger partial charge in [-0.2, -0.15) is 0 Å². The summed E-state index contributed by atoms with van der Waals surface area (Å²) in [5, 5.41) is 12.2. The Labute approximate surface area is 135 Å². The second kappa shape index (κ2) is 6.02. The number of carbonyl (C=O) groups excluding carboxylic acids is 2. The van der Waals surface area contributed by atoms with Crippen molar-refractivity contribution >= 4 is 39.9 Å². The summed E-state index contributed by atoms with van der Waals surface area (Å²) < 4.78 is 5.18. The molecule has 1 amide bonds. The molecule has 114 valence electrons. The van der Waals surface area contributed by atoms with E-state index in [0.717, 1.165) is 11.4 Å². The molecule has 0 aliphatic carbocycles. The van der Waals surface area contributed by atoms with Crippen LogP contribution >= 0.6 is 22.9 Å². The molecule has 1 aliphatic rings. The molecule has 1 aliphatic heterocycles. The maximum absolute atomic E-state index is 12.2. The van der Waals surface area contributed by atoms with Crippen LogP contribution in [0.25, 0.3) is 0 Å². The number of aryl methyl sites for hydroxylation is 1. The molecule has 0 saturated heterocycles. The minimum Gasteiger partial charge on any atom is -0.448 e. The summed E-state index contributed by atoms with van der Waals surface area (Å²) in [7, 11) is 0. The molecule has 2 aromatic rings. The topological polar surface area (TPSA) is 81.2 Å². The number of anilines is 1. The first-order valence-corrected chi connectivity index (χ1v) is 7.89. The molecule has 3 rings (SSSR count). The third kappa shape index (κ3) is 2.95.